The molecule has 0 radical (unpaired) electrons. The third-order valence-corrected chi connectivity index (χ3v) is 4.72. The van der Waals surface area contributed by atoms with E-state index in [1.807, 2.05) is 0 Å². The third kappa shape index (κ3) is 2.40. The van der Waals surface area contributed by atoms with Gasteiger partial charge >= 0.3 is 5.97 Å². The van der Waals surface area contributed by atoms with Crippen LogP contribution in [0.4, 0.5) is 0 Å². The number of hydrogen-bond acceptors (Lipinski definition) is 2. The predicted octanol–water partition coefficient (Wildman–Crippen LogP) is 2.64. The minimum atomic E-state index is -0.704. The highest BCUT2D eigenvalue weighted by molar-refractivity contribution is 5.68. The molecule has 16 heavy (non-hydrogen) atoms. The quantitative estimate of drug-likeness (QED) is 0.776. The zero-order chi connectivity index (χ0) is 12.3. The van der Waals surface area contributed by atoms with Gasteiger partial charge in [0, 0.05) is 6.04 Å². The Morgan fingerprint density at radius 1 is 1.56 bits per heavy atom. The van der Waals surface area contributed by atoms with Crippen molar-refractivity contribution in [2.24, 2.45) is 23.0 Å². The van der Waals surface area contributed by atoms with E-state index in [4.69, 9.17) is 10.8 Å². The zero-order valence-corrected chi connectivity index (χ0v) is 10.7. The van der Waals surface area contributed by atoms with E-state index in [1.54, 1.807) is 0 Å². The van der Waals surface area contributed by atoms with Crippen molar-refractivity contribution in [2.45, 2.75) is 58.9 Å². The molecule has 3 N–H and O–H groups in total. The van der Waals surface area contributed by atoms with E-state index in [2.05, 4.69) is 20.8 Å². The van der Waals surface area contributed by atoms with Crippen LogP contribution in [-0.4, -0.2) is 17.1 Å². The average molecular weight is 227 g/mol. The number of nitrogens with two attached hydrogens (primary N) is 1. The molecular weight excluding hydrogens is 202 g/mol. The van der Waals surface area contributed by atoms with Gasteiger partial charge in [-0.3, -0.25) is 4.79 Å². The molecule has 4 unspecified atom stereocenters. The maximum absolute atomic E-state index is 11.1. The van der Waals surface area contributed by atoms with Gasteiger partial charge in [-0.25, -0.2) is 0 Å². The smallest absolute Gasteiger partial charge is 0.303 e. The van der Waals surface area contributed by atoms with Crippen LogP contribution in [0.3, 0.4) is 0 Å². The van der Waals surface area contributed by atoms with Crippen LogP contribution in [0.25, 0.3) is 0 Å². The molecule has 1 fully saturated rings. The van der Waals surface area contributed by atoms with Gasteiger partial charge in [-0.05, 0) is 30.1 Å². The summed E-state index contributed by atoms with van der Waals surface area (Å²) < 4.78 is 0. The van der Waals surface area contributed by atoms with Gasteiger partial charge in [-0.1, -0.05) is 33.6 Å². The minimum absolute atomic E-state index is 0.0151. The lowest BCUT2D eigenvalue weighted by Crippen LogP contribution is -2.50. The second kappa shape index (κ2) is 5.17. The number of carboxylic acids is 1. The van der Waals surface area contributed by atoms with Crippen LogP contribution < -0.4 is 5.73 Å². The Bertz CT molecular complexity index is 254. The van der Waals surface area contributed by atoms with Gasteiger partial charge in [-0.2, -0.15) is 0 Å². The van der Waals surface area contributed by atoms with E-state index >= 15 is 0 Å². The molecule has 0 aromatic rings. The largest absolute Gasteiger partial charge is 0.481 e. The van der Waals surface area contributed by atoms with E-state index in [9.17, 15) is 4.79 Å². The van der Waals surface area contributed by atoms with Crippen molar-refractivity contribution in [1.82, 2.24) is 0 Å². The highest BCUT2D eigenvalue weighted by Gasteiger charge is 2.46. The van der Waals surface area contributed by atoms with Crippen molar-refractivity contribution in [3.8, 4) is 0 Å². The van der Waals surface area contributed by atoms with Crippen LogP contribution in [0.15, 0.2) is 0 Å². The van der Waals surface area contributed by atoms with Crippen LogP contribution in [-0.2, 0) is 4.79 Å². The molecule has 1 aliphatic rings. The fraction of sp³-hybridized carbons (Fsp3) is 0.923. The Balaban J connectivity index is 2.96. The summed E-state index contributed by atoms with van der Waals surface area (Å²) in [6, 6.07) is 0.0151. The van der Waals surface area contributed by atoms with Crippen LogP contribution in [0, 0.1) is 17.3 Å². The summed E-state index contributed by atoms with van der Waals surface area (Å²) in [5, 5.41) is 9.12. The van der Waals surface area contributed by atoms with E-state index in [1.165, 1.54) is 6.42 Å². The molecule has 94 valence electrons. The molecular formula is C13H25NO2. The summed E-state index contributed by atoms with van der Waals surface area (Å²) in [5.74, 6) is 0.294. The molecule has 0 aromatic heterocycles. The van der Waals surface area contributed by atoms with Crippen molar-refractivity contribution in [3.63, 3.8) is 0 Å². The van der Waals surface area contributed by atoms with Gasteiger partial charge in [0.1, 0.15) is 0 Å². The zero-order valence-electron chi connectivity index (χ0n) is 10.7. The standard InChI is InChI=1S/C13H25NO2/c1-4-11(14)13(8-12(15)16)7-5-6-9(2)10(13)3/h9-11H,4-8,14H2,1-3H3,(H,15,16). The molecule has 0 aliphatic heterocycles. The first-order valence-corrected chi connectivity index (χ1v) is 6.41. The van der Waals surface area contributed by atoms with E-state index in [0.29, 0.717) is 11.8 Å². The Morgan fingerprint density at radius 3 is 2.69 bits per heavy atom. The van der Waals surface area contributed by atoms with Crippen molar-refractivity contribution < 1.29 is 9.90 Å². The fourth-order valence-electron chi connectivity index (χ4n) is 3.39. The van der Waals surface area contributed by atoms with Crippen molar-refractivity contribution >= 4 is 5.97 Å². The average Bonchev–Trinajstić information content (AvgIpc) is 2.23. The van der Waals surface area contributed by atoms with E-state index in [-0.39, 0.29) is 17.9 Å². The van der Waals surface area contributed by atoms with Gasteiger partial charge < -0.3 is 10.8 Å². The number of rotatable bonds is 4. The van der Waals surface area contributed by atoms with Crippen LogP contribution in [0.2, 0.25) is 0 Å². The summed E-state index contributed by atoms with van der Waals surface area (Å²) in [6.45, 7) is 6.46. The molecule has 1 rings (SSSR count). The lowest BCUT2D eigenvalue weighted by atomic mass is 9.57. The Hall–Kier alpha value is -0.570. The normalized spacial score (nSPS) is 37.0. The molecule has 1 saturated carbocycles. The van der Waals surface area contributed by atoms with E-state index < -0.39 is 5.97 Å². The summed E-state index contributed by atoms with van der Waals surface area (Å²) in [7, 11) is 0. The highest BCUT2D eigenvalue weighted by Crippen LogP contribution is 2.49. The summed E-state index contributed by atoms with van der Waals surface area (Å²) in [6.07, 6.45) is 4.39. The third-order valence-electron chi connectivity index (χ3n) is 4.72. The van der Waals surface area contributed by atoms with Crippen LogP contribution >= 0.6 is 0 Å². The number of carboxylic acid groups (broad SMARTS) is 1. The monoisotopic (exact) mass is 227 g/mol. The van der Waals surface area contributed by atoms with Gasteiger partial charge in [0.05, 0.1) is 6.42 Å². The van der Waals surface area contributed by atoms with Gasteiger partial charge in [0.2, 0.25) is 0 Å². The van der Waals surface area contributed by atoms with Crippen molar-refractivity contribution in [3.05, 3.63) is 0 Å². The second-order valence-electron chi connectivity index (χ2n) is 5.48. The Morgan fingerprint density at radius 2 is 2.19 bits per heavy atom. The second-order valence-corrected chi connectivity index (χ2v) is 5.48. The lowest BCUT2D eigenvalue weighted by Gasteiger charge is -2.48. The SMILES string of the molecule is CCC(N)C1(CC(=O)O)CCCC(C)C1C. The van der Waals surface area contributed by atoms with Gasteiger partial charge in [0.15, 0.2) is 0 Å². The Labute approximate surface area is 98.4 Å². The molecule has 0 aromatic carbocycles. The van der Waals surface area contributed by atoms with Crippen LogP contribution in [0.1, 0.15) is 52.9 Å². The highest BCUT2D eigenvalue weighted by atomic mass is 16.4. The molecule has 1 aliphatic carbocycles. The summed E-state index contributed by atoms with van der Waals surface area (Å²) in [4.78, 5) is 11.1. The molecule has 0 spiro atoms. The van der Waals surface area contributed by atoms with Crippen LogP contribution in [0.5, 0.6) is 0 Å². The first-order chi connectivity index (χ1) is 7.44. The molecule has 0 amide bonds. The first kappa shape index (κ1) is 13.5. The topological polar surface area (TPSA) is 63.3 Å². The van der Waals surface area contributed by atoms with Gasteiger partial charge in [-0.15, -0.1) is 0 Å². The first-order valence-electron chi connectivity index (χ1n) is 6.41. The Kier molecular flexibility index (Phi) is 4.36. The summed E-state index contributed by atoms with van der Waals surface area (Å²) >= 11 is 0. The molecule has 4 atom stereocenters. The fourth-order valence-corrected chi connectivity index (χ4v) is 3.39. The van der Waals surface area contributed by atoms with Gasteiger partial charge in [0.25, 0.3) is 0 Å². The number of hydrogen-bond donors (Lipinski definition) is 2. The lowest BCUT2D eigenvalue weighted by molar-refractivity contribution is -0.143. The molecule has 0 saturated heterocycles. The summed E-state index contributed by atoms with van der Waals surface area (Å²) in [5.41, 5.74) is 6.04. The molecule has 0 heterocycles. The molecule has 0 bridgehead atoms. The van der Waals surface area contributed by atoms with E-state index in [0.717, 1.165) is 19.3 Å². The molecule has 3 nitrogen and oxygen atoms in total. The number of aliphatic carboxylic acids is 1. The molecule has 3 heteroatoms. The maximum atomic E-state index is 11.1. The van der Waals surface area contributed by atoms with Crippen molar-refractivity contribution in [1.29, 1.82) is 0 Å². The maximum Gasteiger partial charge on any atom is 0.303 e. The minimum Gasteiger partial charge on any atom is -0.481 e. The van der Waals surface area contributed by atoms with Crippen molar-refractivity contribution in [2.75, 3.05) is 0 Å². The number of carbonyl (C=O) groups is 1. The predicted molar refractivity (Wildman–Crippen MR) is 65.1 cm³/mol.